The molecular formula is C43H56N2O5. The average Bonchev–Trinajstić information content (AvgIpc) is 3.37. The standard InChI is InChI=1S/C43H56N2O5/c1-29(2)44-38(48)45(24-11-25-50-5)28-42(49)21-18-36-40(42,4)20-17-35-39(3)19-16-31(46)26-41(39)22-23-43(35,36)34(27-41)37(47)33-15-10-9-14-32(33)30-12-7-6-8-13-30/h6-10,12-15,22-23,27,29,31,35-36,46,49H,11,16-21,24-26,28H2,1-5H3,(H,44,48). The number of benzene rings is 2. The number of nitrogens with one attached hydrogen (secondary N) is 1. The Labute approximate surface area is 298 Å². The number of Topliss-reactive ketones (excluding diaryl/α,β-unsaturated/α-hetero) is 1. The highest BCUT2D eigenvalue weighted by Crippen LogP contribution is 2.78. The van der Waals surface area contributed by atoms with Crippen LogP contribution in [0.4, 0.5) is 4.79 Å². The van der Waals surface area contributed by atoms with E-state index in [-0.39, 0.29) is 41.7 Å². The molecule has 50 heavy (non-hydrogen) atoms. The molecule has 6 aliphatic carbocycles. The summed E-state index contributed by atoms with van der Waals surface area (Å²) in [4.78, 5) is 30.7. The normalized spacial score (nSPS) is 36.7. The Bertz CT molecular complexity index is 1690. The smallest absolute Gasteiger partial charge is 0.317 e. The highest BCUT2D eigenvalue weighted by molar-refractivity contribution is 6.14. The molecule has 7 nitrogen and oxygen atoms in total. The van der Waals surface area contributed by atoms with Crippen LogP contribution in [0, 0.1) is 33.5 Å². The van der Waals surface area contributed by atoms with Gasteiger partial charge in [-0.2, -0.15) is 0 Å². The predicted molar refractivity (Wildman–Crippen MR) is 197 cm³/mol. The van der Waals surface area contributed by atoms with Crippen LogP contribution in [-0.4, -0.2) is 71.5 Å². The van der Waals surface area contributed by atoms with Crippen molar-refractivity contribution in [1.29, 1.82) is 0 Å². The molecule has 8 unspecified atom stereocenters. The van der Waals surface area contributed by atoms with Gasteiger partial charge in [0.25, 0.3) is 0 Å². The number of carbonyl (C=O) groups is 2. The number of methoxy groups -OCH3 is 1. The number of urea groups is 1. The largest absolute Gasteiger partial charge is 0.393 e. The lowest BCUT2D eigenvalue weighted by Crippen LogP contribution is -2.67. The van der Waals surface area contributed by atoms with Crippen molar-refractivity contribution in [3.05, 3.63) is 84.0 Å². The van der Waals surface area contributed by atoms with E-state index >= 15 is 4.79 Å². The molecule has 0 saturated heterocycles. The second-order valence-corrected chi connectivity index (χ2v) is 16.9. The van der Waals surface area contributed by atoms with Crippen LogP contribution in [0.1, 0.15) is 89.4 Å². The van der Waals surface area contributed by atoms with Gasteiger partial charge < -0.3 is 25.2 Å². The van der Waals surface area contributed by atoms with Crippen molar-refractivity contribution in [2.75, 3.05) is 26.8 Å². The number of rotatable bonds is 10. The maximum atomic E-state index is 15.4. The Balaban J connectivity index is 1.33. The van der Waals surface area contributed by atoms with E-state index in [1.165, 1.54) is 0 Å². The topological polar surface area (TPSA) is 99.1 Å². The Kier molecular flexibility index (Phi) is 8.96. The number of aliphatic hydroxyl groups excluding tert-OH is 1. The van der Waals surface area contributed by atoms with Crippen LogP contribution in [-0.2, 0) is 4.74 Å². The van der Waals surface area contributed by atoms with Gasteiger partial charge in [-0.3, -0.25) is 4.79 Å². The molecule has 2 amide bonds. The summed E-state index contributed by atoms with van der Waals surface area (Å²) in [5.41, 5.74) is 0.719. The van der Waals surface area contributed by atoms with Gasteiger partial charge in [-0.05, 0) is 93.6 Å². The first kappa shape index (κ1) is 35.2. The van der Waals surface area contributed by atoms with Crippen molar-refractivity contribution in [2.45, 2.75) is 96.8 Å². The van der Waals surface area contributed by atoms with E-state index in [1.807, 2.05) is 56.3 Å². The van der Waals surface area contributed by atoms with Crippen molar-refractivity contribution in [2.24, 2.45) is 33.5 Å². The molecule has 0 radical (unpaired) electrons. The van der Waals surface area contributed by atoms with Crippen LogP contribution >= 0.6 is 0 Å². The van der Waals surface area contributed by atoms with Crippen molar-refractivity contribution < 1.29 is 24.5 Å². The zero-order chi connectivity index (χ0) is 35.5. The van der Waals surface area contributed by atoms with Crippen molar-refractivity contribution >= 4 is 11.8 Å². The zero-order valence-corrected chi connectivity index (χ0v) is 30.6. The van der Waals surface area contributed by atoms with Gasteiger partial charge in [0.2, 0.25) is 0 Å². The van der Waals surface area contributed by atoms with Gasteiger partial charge in [0, 0.05) is 53.7 Å². The molecule has 2 bridgehead atoms. The molecule has 0 heterocycles. The second-order valence-electron chi connectivity index (χ2n) is 16.9. The molecule has 8 atom stereocenters. The highest BCUT2D eigenvalue weighted by atomic mass is 16.5. The maximum Gasteiger partial charge on any atom is 0.317 e. The third-order valence-corrected chi connectivity index (χ3v) is 14.1. The lowest BCUT2D eigenvalue weighted by molar-refractivity contribution is -0.174. The molecule has 2 aromatic carbocycles. The molecule has 2 aromatic rings. The van der Waals surface area contributed by atoms with Crippen molar-refractivity contribution in [3.8, 4) is 11.1 Å². The molecule has 268 valence electrons. The Morgan fingerprint density at radius 3 is 2.36 bits per heavy atom. The first-order valence-corrected chi connectivity index (χ1v) is 18.9. The van der Waals surface area contributed by atoms with Crippen LogP contribution in [0.2, 0.25) is 0 Å². The second kappa shape index (κ2) is 12.8. The molecule has 3 saturated carbocycles. The monoisotopic (exact) mass is 680 g/mol. The summed E-state index contributed by atoms with van der Waals surface area (Å²) in [6.07, 6.45) is 12.6. The number of hydrogen-bond donors (Lipinski definition) is 3. The first-order chi connectivity index (χ1) is 23.8. The lowest BCUT2D eigenvalue weighted by Gasteiger charge is -2.71. The number of ketones is 1. The Hall–Kier alpha value is -3.26. The van der Waals surface area contributed by atoms with E-state index in [4.69, 9.17) is 4.74 Å². The summed E-state index contributed by atoms with van der Waals surface area (Å²) >= 11 is 0. The maximum absolute atomic E-state index is 15.4. The molecule has 8 rings (SSSR count). The SMILES string of the molecule is COCCCN(CC1(O)CCC2C34C=CC5(C=C3C(=O)c3ccccc3-c3ccccc3)CC(O)CCC5(C)C4CCC21C)C(=O)NC(C)C. The quantitative estimate of drug-likeness (QED) is 0.137. The van der Waals surface area contributed by atoms with Crippen LogP contribution in [0.25, 0.3) is 11.1 Å². The zero-order valence-electron chi connectivity index (χ0n) is 30.6. The molecule has 2 spiro atoms. The number of ether oxygens (including phenoxy) is 1. The van der Waals surface area contributed by atoms with Gasteiger partial charge in [-0.15, -0.1) is 0 Å². The van der Waals surface area contributed by atoms with Crippen LogP contribution in [0.15, 0.2) is 78.4 Å². The third kappa shape index (κ3) is 5.16. The molecule has 6 aliphatic rings. The molecule has 3 fully saturated rings. The minimum absolute atomic E-state index is 0.00467. The molecule has 7 heteroatoms. The van der Waals surface area contributed by atoms with E-state index < -0.39 is 27.9 Å². The van der Waals surface area contributed by atoms with Gasteiger partial charge in [0.05, 0.1) is 18.2 Å². The van der Waals surface area contributed by atoms with Gasteiger partial charge in [-0.1, -0.05) is 86.7 Å². The van der Waals surface area contributed by atoms with Gasteiger partial charge in [0.15, 0.2) is 5.78 Å². The van der Waals surface area contributed by atoms with Gasteiger partial charge in [-0.25, -0.2) is 4.79 Å². The van der Waals surface area contributed by atoms with E-state index in [0.717, 1.165) is 48.8 Å². The fourth-order valence-corrected chi connectivity index (χ4v) is 11.6. The first-order valence-electron chi connectivity index (χ1n) is 18.9. The number of carbonyl (C=O) groups excluding carboxylic acids is 2. The minimum Gasteiger partial charge on any atom is -0.393 e. The number of hydrogen-bond acceptors (Lipinski definition) is 5. The number of aliphatic hydroxyl groups is 2. The summed E-state index contributed by atoms with van der Waals surface area (Å²) < 4.78 is 5.33. The van der Waals surface area contributed by atoms with E-state index in [9.17, 15) is 15.0 Å². The summed E-state index contributed by atoms with van der Waals surface area (Å²) in [6.45, 7) is 9.83. The van der Waals surface area contributed by atoms with Crippen molar-refractivity contribution in [3.63, 3.8) is 0 Å². The number of fused-ring (bicyclic) bond motifs is 1. The summed E-state index contributed by atoms with van der Waals surface area (Å²) in [7, 11) is 1.67. The summed E-state index contributed by atoms with van der Waals surface area (Å²) in [5, 5.41) is 27.1. The third-order valence-electron chi connectivity index (χ3n) is 14.1. The highest BCUT2D eigenvalue weighted by Gasteiger charge is 2.74. The fourth-order valence-electron chi connectivity index (χ4n) is 11.6. The predicted octanol–water partition coefficient (Wildman–Crippen LogP) is 7.58. The average molecular weight is 681 g/mol. The summed E-state index contributed by atoms with van der Waals surface area (Å²) in [6, 6.07) is 17.9. The molecular weight excluding hydrogens is 624 g/mol. The fraction of sp³-hybridized carbons (Fsp3) is 0.581. The molecule has 0 aliphatic heterocycles. The minimum atomic E-state index is -1.13. The number of amides is 2. The van der Waals surface area contributed by atoms with Crippen LogP contribution < -0.4 is 5.32 Å². The summed E-state index contributed by atoms with van der Waals surface area (Å²) in [5.74, 6) is 0.255. The Morgan fingerprint density at radius 1 is 0.940 bits per heavy atom. The van der Waals surface area contributed by atoms with E-state index in [0.29, 0.717) is 38.0 Å². The molecule has 0 aromatic heterocycles. The van der Waals surface area contributed by atoms with Crippen LogP contribution in [0.5, 0.6) is 0 Å². The van der Waals surface area contributed by atoms with Crippen molar-refractivity contribution in [1.82, 2.24) is 10.2 Å². The van der Waals surface area contributed by atoms with Crippen LogP contribution in [0.3, 0.4) is 0 Å². The van der Waals surface area contributed by atoms with Gasteiger partial charge in [0.1, 0.15) is 0 Å². The van der Waals surface area contributed by atoms with Gasteiger partial charge >= 0.3 is 6.03 Å². The molecule has 3 N–H and O–H groups in total. The Morgan fingerprint density at radius 2 is 1.62 bits per heavy atom. The lowest BCUT2D eigenvalue weighted by atomic mass is 9.32. The van der Waals surface area contributed by atoms with E-state index in [1.54, 1.807) is 12.0 Å². The number of nitrogens with zero attached hydrogens (tertiary/aromatic N) is 1. The van der Waals surface area contributed by atoms with E-state index in [2.05, 4.69) is 49.5 Å². The number of allylic oxidation sites excluding steroid dienone is 4.